The smallest absolute Gasteiger partial charge is 0.432 e. The number of benzene rings is 3. The largest absolute Gasteiger partial charge is 0.513 e. The Bertz CT molecular complexity index is 848. The molecule has 0 aliphatic rings. The molecule has 0 bridgehead atoms. The standard InChI is InChI=1S/C24H25NO3/c1-2-25(22-11-7-4-8-12-22)17-18-27-24(26)28-23-15-13-21(14-16-23)19-20-9-5-3-6-10-20/h3-16H,2,17-19H2,1H3. The van der Waals surface area contributed by atoms with E-state index < -0.39 is 6.16 Å². The van der Waals surface area contributed by atoms with Crippen LogP contribution in [-0.4, -0.2) is 25.9 Å². The molecule has 0 fully saturated rings. The molecule has 4 nitrogen and oxygen atoms in total. The Morgan fingerprint density at radius 2 is 1.43 bits per heavy atom. The van der Waals surface area contributed by atoms with E-state index in [1.165, 1.54) is 5.56 Å². The molecule has 3 rings (SSSR count). The van der Waals surface area contributed by atoms with Gasteiger partial charge in [0, 0.05) is 12.2 Å². The highest BCUT2D eigenvalue weighted by Crippen LogP contribution is 2.16. The minimum absolute atomic E-state index is 0.271. The summed E-state index contributed by atoms with van der Waals surface area (Å²) in [5.74, 6) is 0.484. The van der Waals surface area contributed by atoms with Crippen molar-refractivity contribution in [2.75, 3.05) is 24.6 Å². The third kappa shape index (κ3) is 5.88. The first-order chi connectivity index (χ1) is 13.7. The van der Waals surface area contributed by atoms with Crippen LogP contribution < -0.4 is 9.64 Å². The molecule has 3 aromatic rings. The van der Waals surface area contributed by atoms with Gasteiger partial charge in [0.15, 0.2) is 0 Å². The SMILES string of the molecule is CCN(CCOC(=O)Oc1ccc(Cc2ccccc2)cc1)c1ccccc1. The lowest BCUT2D eigenvalue weighted by atomic mass is 10.1. The summed E-state index contributed by atoms with van der Waals surface area (Å²) in [5, 5.41) is 0. The van der Waals surface area contributed by atoms with Gasteiger partial charge in [-0.1, -0.05) is 60.7 Å². The van der Waals surface area contributed by atoms with Crippen molar-refractivity contribution in [1.82, 2.24) is 0 Å². The molecule has 0 saturated heterocycles. The third-order valence-electron chi connectivity index (χ3n) is 4.46. The van der Waals surface area contributed by atoms with Crippen molar-refractivity contribution in [3.8, 4) is 5.75 Å². The highest BCUT2D eigenvalue weighted by molar-refractivity contribution is 5.63. The summed E-state index contributed by atoms with van der Waals surface area (Å²) in [6, 6.07) is 27.8. The number of hydrogen-bond donors (Lipinski definition) is 0. The zero-order chi connectivity index (χ0) is 19.6. The molecule has 0 N–H and O–H groups in total. The Labute approximate surface area is 166 Å². The average molecular weight is 375 g/mol. The van der Waals surface area contributed by atoms with Crippen molar-refractivity contribution in [2.24, 2.45) is 0 Å². The summed E-state index contributed by atoms with van der Waals surface area (Å²) in [6.07, 6.45) is 0.165. The first-order valence-corrected chi connectivity index (χ1v) is 9.52. The first kappa shape index (κ1) is 19.5. The van der Waals surface area contributed by atoms with Crippen molar-refractivity contribution >= 4 is 11.8 Å². The van der Waals surface area contributed by atoms with Crippen LogP contribution >= 0.6 is 0 Å². The minimum Gasteiger partial charge on any atom is -0.432 e. The number of likely N-dealkylation sites (N-methyl/N-ethyl adjacent to an activating group) is 1. The summed E-state index contributed by atoms with van der Waals surface area (Å²) >= 11 is 0. The molecule has 28 heavy (non-hydrogen) atoms. The second-order valence-electron chi connectivity index (χ2n) is 6.42. The van der Waals surface area contributed by atoms with E-state index in [0.717, 1.165) is 24.2 Å². The van der Waals surface area contributed by atoms with Gasteiger partial charge in [0.1, 0.15) is 12.4 Å². The van der Waals surface area contributed by atoms with Crippen LogP contribution in [-0.2, 0) is 11.2 Å². The quantitative estimate of drug-likeness (QED) is 0.395. The molecule has 0 aromatic heterocycles. The Morgan fingerprint density at radius 3 is 2.07 bits per heavy atom. The zero-order valence-corrected chi connectivity index (χ0v) is 16.1. The molecular formula is C24H25NO3. The lowest BCUT2D eigenvalue weighted by Gasteiger charge is -2.22. The fourth-order valence-electron chi connectivity index (χ4n) is 2.98. The van der Waals surface area contributed by atoms with Crippen LogP contribution in [0.15, 0.2) is 84.9 Å². The van der Waals surface area contributed by atoms with E-state index in [1.807, 2.05) is 60.7 Å². The van der Waals surface area contributed by atoms with Crippen LogP contribution in [0.5, 0.6) is 5.75 Å². The van der Waals surface area contributed by atoms with Gasteiger partial charge >= 0.3 is 6.16 Å². The van der Waals surface area contributed by atoms with Gasteiger partial charge in [-0.3, -0.25) is 0 Å². The first-order valence-electron chi connectivity index (χ1n) is 9.52. The van der Waals surface area contributed by atoms with Gasteiger partial charge in [-0.15, -0.1) is 0 Å². The molecule has 0 saturated carbocycles. The molecule has 0 radical (unpaired) electrons. The van der Waals surface area contributed by atoms with Crippen molar-refractivity contribution in [1.29, 1.82) is 0 Å². The second kappa shape index (κ2) is 10.2. The number of ether oxygens (including phenoxy) is 2. The van der Waals surface area contributed by atoms with E-state index >= 15 is 0 Å². The number of para-hydroxylation sites is 1. The highest BCUT2D eigenvalue weighted by Gasteiger charge is 2.09. The molecule has 144 valence electrons. The summed E-state index contributed by atoms with van der Waals surface area (Å²) in [6.45, 7) is 3.80. The molecule has 0 aliphatic carbocycles. The van der Waals surface area contributed by atoms with E-state index in [-0.39, 0.29) is 6.61 Å². The van der Waals surface area contributed by atoms with Crippen molar-refractivity contribution in [3.63, 3.8) is 0 Å². The van der Waals surface area contributed by atoms with Gasteiger partial charge in [-0.25, -0.2) is 4.79 Å². The average Bonchev–Trinajstić information content (AvgIpc) is 2.74. The van der Waals surface area contributed by atoms with Crippen LogP contribution in [0, 0.1) is 0 Å². The molecule has 0 atom stereocenters. The summed E-state index contributed by atoms with van der Waals surface area (Å²) < 4.78 is 10.5. The van der Waals surface area contributed by atoms with Gasteiger partial charge in [0.05, 0.1) is 6.54 Å². The zero-order valence-electron chi connectivity index (χ0n) is 16.1. The van der Waals surface area contributed by atoms with Crippen LogP contribution in [0.25, 0.3) is 0 Å². The Balaban J connectivity index is 1.44. The van der Waals surface area contributed by atoms with Gasteiger partial charge in [0.25, 0.3) is 0 Å². The Hall–Kier alpha value is -3.27. The fraction of sp³-hybridized carbons (Fsp3) is 0.208. The fourth-order valence-corrected chi connectivity index (χ4v) is 2.98. The monoisotopic (exact) mass is 375 g/mol. The van der Waals surface area contributed by atoms with Crippen LogP contribution in [0.4, 0.5) is 10.5 Å². The second-order valence-corrected chi connectivity index (χ2v) is 6.42. The number of anilines is 1. The van der Waals surface area contributed by atoms with E-state index in [1.54, 1.807) is 12.1 Å². The molecule has 0 amide bonds. The van der Waals surface area contributed by atoms with Gasteiger partial charge in [-0.2, -0.15) is 0 Å². The summed E-state index contributed by atoms with van der Waals surface area (Å²) in [5.41, 5.74) is 3.51. The number of carbonyl (C=O) groups is 1. The van der Waals surface area contributed by atoms with Crippen LogP contribution in [0.1, 0.15) is 18.1 Å². The normalized spacial score (nSPS) is 10.3. The maximum atomic E-state index is 11.9. The van der Waals surface area contributed by atoms with E-state index in [0.29, 0.717) is 12.3 Å². The van der Waals surface area contributed by atoms with E-state index in [4.69, 9.17) is 9.47 Å². The molecule has 3 aromatic carbocycles. The predicted octanol–water partition coefficient (Wildman–Crippen LogP) is 5.32. The van der Waals surface area contributed by atoms with Gasteiger partial charge in [0.2, 0.25) is 0 Å². The summed E-state index contributed by atoms with van der Waals surface area (Å²) in [7, 11) is 0. The maximum absolute atomic E-state index is 11.9. The van der Waals surface area contributed by atoms with Crippen LogP contribution in [0.3, 0.4) is 0 Å². The molecule has 0 heterocycles. The molecule has 0 aliphatic heterocycles. The number of rotatable bonds is 8. The summed E-state index contributed by atoms with van der Waals surface area (Å²) in [4.78, 5) is 14.1. The number of nitrogens with zero attached hydrogens (tertiary/aromatic N) is 1. The lowest BCUT2D eigenvalue weighted by molar-refractivity contribution is 0.101. The van der Waals surface area contributed by atoms with E-state index in [9.17, 15) is 4.79 Å². The Morgan fingerprint density at radius 1 is 0.821 bits per heavy atom. The predicted molar refractivity (Wildman–Crippen MR) is 112 cm³/mol. The highest BCUT2D eigenvalue weighted by atomic mass is 16.7. The molecular weight excluding hydrogens is 350 g/mol. The van der Waals surface area contributed by atoms with Gasteiger partial charge in [-0.05, 0) is 48.7 Å². The Kier molecular flexibility index (Phi) is 7.08. The topological polar surface area (TPSA) is 38.8 Å². The van der Waals surface area contributed by atoms with Crippen molar-refractivity contribution in [3.05, 3.63) is 96.1 Å². The third-order valence-corrected chi connectivity index (χ3v) is 4.46. The maximum Gasteiger partial charge on any atom is 0.513 e. The minimum atomic E-state index is -0.681. The number of hydrogen-bond acceptors (Lipinski definition) is 4. The van der Waals surface area contributed by atoms with E-state index in [2.05, 4.69) is 24.0 Å². The van der Waals surface area contributed by atoms with Crippen molar-refractivity contribution < 1.29 is 14.3 Å². The lowest BCUT2D eigenvalue weighted by Crippen LogP contribution is -2.28. The molecule has 0 spiro atoms. The number of carbonyl (C=O) groups excluding carboxylic acids is 1. The molecule has 0 unspecified atom stereocenters. The van der Waals surface area contributed by atoms with Gasteiger partial charge < -0.3 is 14.4 Å². The molecule has 4 heteroatoms. The van der Waals surface area contributed by atoms with Crippen LogP contribution in [0.2, 0.25) is 0 Å². The van der Waals surface area contributed by atoms with Crippen molar-refractivity contribution in [2.45, 2.75) is 13.3 Å².